The average Bonchev–Trinajstić information content (AvgIpc) is 3.02. The van der Waals surface area contributed by atoms with Crippen LogP contribution in [-0.4, -0.2) is 34.4 Å². The van der Waals surface area contributed by atoms with E-state index in [1.807, 2.05) is 32.0 Å². The molecule has 1 atom stereocenters. The Bertz CT molecular complexity index is 992. The van der Waals surface area contributed by atoms with Crippen LogP contribution in [0.15, 0.2) is 53.4 Å². The number of carbonyl (C=O) groups is 2. The molecule has 0 aliphatic carbocycles. The van der Waals surface area contributed by atoms with E-state index in [-0.39, 0.29) is 16.3 Å². The highest BCUT2D eigenvalue weighted by molar-refractivity contribution is 8.26. The quantitative estimate of drug-likeness (QED) is 0.506. The van der Waals surface area contributed by atoms with Gasteiger partial charge < -0.3 is 9.47 Å². The largest absolute Gasteiger partial charge is 0.493 e. The molecule has 1 aliphatic rings. The lowest BCUT2D eigenvalue weighted by Gasteiger charge is -2.16. The van der Waals surface area contributed by atoms with Crippen LogP contribution in [0.3, 0.4) is 0 Å². The van der Waals surface area contributed by atoms with Gasteiger partial charge in [0.05, 0.1) is 18.1 Å². The molecule has 0 bridgehead atoms. The summed E-state index contributed by atoms with van der Waals surface area (Å²) < 4.78 is 11.5. The Morgan fingerprint density at radius 1 is 1.23 bits per heavy atom. The van der Waals surface area contributed by atoms with Crippen molar-refractivity contribution in [2.24, 2.45) is 0 Å². The summed E-state index contributed by atoms with van der Waals surface area (Å²) in [5, 5.41) is 1.10. The molecule has 0 aromatic heterocycles. The number of amides is 2. The topological polar surface area (TPSA) is 67.9 Å². The van der Waals surface area contributed by atoms with Crippen LogP contribution >= 0.6 is 24.0 Å². The third-order valence-corrected chi connectivity index (χ3v) is 5.73. The number of benzene rings is 2. The predicted octanol–water partition coefficient (Wildman–Crippen LogP) is 4.42. The van der Waals surface area contributed by atoms with Crippen molar-refractivity contribution in [2.75, 3.05) is 7.11 Å². The van der Waals surface area contributed by atoms with Gasteiger partial charge in [-0.05, 0) is 61.5 Å². The molecular formula is C22H22N2O4S2. The normalized spacial score (nSPS) is 16.0. The highest BCUT2D eigenvalue weighted by Gasteiger charge is 2.33. The second-order valence-electron chi connectivity index (χ2n) is 6.57. The Morgan fingerprint density at radius 2 is 1.97 bits per heavy atom. The van der Waals surface area contributed by atoms with Crippen LogP contribution < -0.4 is 14.9 Å². The van der Waals surface area contributed by atoms with E-state index in [0.29, 0.717) is 22.0 Å². The van der Waals surface area contributed by atoms with Gasteiger partial charge in [-0.25, -0.2) is 0 Å². The lowest BCUT2D eigenvalue weighted by atomic mass is 10.1. The fourth-order valence-electron chi connectivity index (χ4n) is 2.64. The van der Waals surface area contributed by atoms with Gasteiger partial charge in [0.25, 0.3) is 11.8 Å². The second kappa shape index (κ2) is 9.77. The number of methoxy groups -OCH3 is 1. The van der Waals surface area contributed by atoms with Gasteiger partial charge in [-0.2, -0.15) is 5.01 Å². The van der Waals surface area contributed by atoms with Gasteiger partial charge in [0.15, 0.2) is 15.8 Å². The molecule has 1 unspecified atom stereocenters. The second-order valence-corrected chi connectivity index (χ2v) is 8.25. The molecule has 1 fully saturated rings. The molecule has 6 nitrogen and oxygen atoms in total. The predicted molar refractivity (Wildman–Crippen MR) is 122 cm³/mol. The first-order chi connectivity index (χ1) is 14.4. The summed E-state index contributed by atoms with van der Waals surface area (Å²) in [4.78, 5) is 25.5. The Morgan fingerprint density at radius 3 is 2.63 bits per heavy atom. The molecule has 0 spiro atoms. The molecule has 30 heavy (non-hydrogen) atoms. The van der Waals surface area contributed by atoms with Gasteiger partial charge >= 0.3 is 0 Å². The number of nitrogens with zero attached hydrogens (tertiary/aromatic N) is 1. The minimum Gasteiger partial charge on any atom is -0.493 e. The molecule has 156 valence electrons. The zero-order chi connectivity index (χ0) is 21.7. The summed E-state index contributed by atoms with van der Waals surface area (Å²) >= 11 is 6.41. The lowest BCUT2D eigenvalue weighted by Crippen LogP contribution is -2.44. The first-order valence-corrected chi connectivity index (χ1v) is 10.6. The van der Waals surface area contributed by atoms with Crippen molar-refractivity contribution >= 4 is 46.2 Å². The summed E-state index contributed by atoms with van der Waals surface area (Å²) in [6, 6.07) is 14.1. The van der Waals surface area contributed by atoms with Crippen molar-refractivity contribution < 1.29 is 19.1 Å². The van der Waals surface area contributed by atoms with Gasteiger partial charge in [0.1, 0.15) is 0 Å². The number of carbonyl (C=O) groups excluding carboxylic acids is 2. The Kier molecular flexibility index (Phi) is 7.12. The van der Waals surface area contributed by atoms with Crippen molar-refractivity contribution in [1.29, 1.82) is 0 Å². The summed E-state index contributed by atoms with van der Waals surface area (Å²) in [7, 11) is 1.57. The van der Waals surface area contributed by atoms with E-state index in [4.69, 9.17) is 21.7 Å². The maximum absolute atomic E-state index is 12.8. The van der Waals surface area contributed by atoms with Gasteiger partial charge in [-0.3, -0.25) is 15.0 Å². The van der Waals surface area contributed by atoms with Gasteiger partial charge in [-0.1, -0.05) is 43.0 Å². The highest BCUT2D eigenvalue weighted by Crippen LogP contribution is 2.34. The molecule has 0 saturated carbocycles. The van der Waals surface area contributed by atoms with Crippen molar-refractivity contribution in [3.05, 3.63) is 64.6 Å². The van der Waals surface area contributed by atoms with Crippen LogP contribution in [0.5, 0.6) is 11.5 Å². The molecule has 8 heteroatoms. The number of hydrogen-bond acceptors (Lipinski definition) is 6. The molecule has 2 aromatic carbocycles. The van der Waals surface area contributed by atoms with Crippen LogP contribution in [-0.2, 0) is 4.79 Å². The molecule has 1 heterocycles. The van der Waals surface area contributed by atoms with E-state index < -0.39 is 5.91 Å². The summed E-state index contributed by atoms with van der Waals surface area (Å²) in [6.07, 6.45) is 2.65. The zero-order valence-electron chi connectivity index (χ0n) is 16.9. The zero-order valence-corrected chi connectivity index (χ0v) is 18.5. The summed E-state index contributed by atoms with van der Waals surface area (Å²) in [6.45, 7) is 4.03. The van der Waals surface area contributed by atoms with Crippen LogP contribution in [0, 0.1) is 0 Å². The van der Waals surface area contributed by atoms with Crippen LogP contribution in [0.2, 0.25) is 0 Å². The minimum atomic E-state index is -0.402. The molecule has 1 saturated heterocycles. The van der Waals surface area contributed by atoms with Crippen molar-refractivity contribution in [3.63, 3.8) is 0 Å². The average molecular weight is 443 g/mol. The van der Waals surface area contributed by atoms with Crippen LogP contribution in [0.1, 0.15) is 36.2 Å². The molecule has 3 rings (SSSR count). The molecule has 1 aliphatic heterocycles. The SMILES string of the molecule is CCC(C)Oc1ccc(C=C2SC(=S)N(NC(=O)c3ccccc3)C2=O)cc1OC. The van der Waals surface area contributed by atoms with E-state index in [0.717, 1.165) is 28.8 Å². The molecule has 2 amide bonds. The minimum absolute atomic E-state index is 0.0641. The molecular weight excluding hydrogens is 420 g/mol. The Balaban J connectivity index is 1.77. The smallest absolute Gasteiger partial charge is 0.285 e. The standard InChI is InChI=1S/C22H22N2O4S2/c1-4-14(2)28-17-11-10-15(12-18(17)27-3)13-19-21(26)24(22(29)30-19)23-20(25)16-8-6-5-7-9-16/h5-14H,4H2,1-3H3,(H,23,25). The van der Waals surface area contributed by atoms with Crippen molar-refractivity contribution in [3.8, 4) is 11.5 Å². The van der Waals surface area contributed by atoms with Crippen molar-refractivity contribution in [2.45, 2.75) is 26.4 Å². The highest BCUT2D eigenvalue weighted by atomic mass is 32.2. The van der Waals surface area contributed by atoms with Gasteiger partial charge in [0.2, 0.25) is 0 Å². The van der Waals surface area contributed by atoms with E-state index >= 15 is 0 Å². The van der Waals surface area contributed by atoms with Crippen LogP contribution in [0.4, 0.5) is 0 Å². The monoisotopic (exact) mass is 442 g/mol. The number of nitrogens with one attached hydrogen (secondary N) is 1. The first kappa shape index (κ1) is 21.9. The Hall–Kier alpha value is -2.84. The van der Waals surface area contributed by atoms with Gasteiger partial charge in [0, 0.05) is 5.56 Å². The number of rotatable bonds is 7. The van der Waals surface area contributed by atoms with E-state index in [2.05, 4.69) is 5.43 Å². The fourth-order valence-corrected chi connectivity index (χ4v) is 3.82. The van der Waals surface area contributed by atoms with Crippen molar-refractivity contribution in [1.82, 2.24) is 10.4 Å². The number of hydrazine groups is 1. The first-order valence-electron chi connectivity index (χ1n) is 9.41. The third-order valence-electron chi connectivity index (χ3n) is 4.43. The summed E-state index contributed by atoms with van der Waals surface area (Å²) in [5.41, 5.74) is 3.77. The Labute approximate surface area is 185 Å². The summed E-state index contributed by atoms with van der Waals surface area (Å²) in [5.74, 6) is 0.443. The molecule has 2 aromatic rings. The number of ether oxygens (including phenoxy) is 2. The fraction of sp³-hybridized carbons (Fsp3) is 0.227. The maximum atomic E-state index is 12.8. The van der Waals surface area contributed by atoms with E-state index in [1.54, 1.807) is 43.5 Å². The lowest BCUT2D eigenvalue weighted by molar-refractivity contribution is -0.123. The molecule has 1 N–H and O–H groups in total. The van der Waals surface area contributed by atoms with Gasteiger partial charge in [-0.15, -0.1) is 0 Å². The third kappa shape index (κ3) is 5.01. The van der Waals surface area contributed by atoms with Crippen LogP contribution in [0.25, 0.3) is 6.08 Å². The number of thiocarbonyl (C=S) groups is 1. The number of thioether (sulfide) groups is 1. The number of hydrogen-bond donors (Lipinski definition) is 1. The maximum Gasteiger partial charge on any atom is 0.285 e. The van der Waals surface area contributed by atoms with E-state index in [1.165, 1.54) is 0 Å². The molecule has 0 radical (unpaired) electrons. The van der Waals surface area contributed by atoms with E-state index in [9.17, 15) is 9.59 Å².